The maximum Gasteiger partial charge on any atom is 0.0728 e. The molecule has 5 nitrogen and oxygen atoms in total. The summed E-state index contributed by atoms with van der Waals surface area (Å²) in [7, 11) is 0. The highest BCUT2D eigenvalue weighted by Gasteiger charge is 2.25. The average Bonchev–Trinajstić information content (AvgIpc) is 3.09. The van der Waals surface area contributed by atoms with Crippen LogP contribution in [-0.4, -0.2) is 46.9 Å². The van der Waals surface area contributed by atoms with Crippen LogP contribution in [0.25, 0.3) is 0 Å². The minimum absolute atomic E-state index is 0.528. The fraction of sp³-hybridized carbons (Fsp3) is 0.800. The zero-order valence-corrected chi connectivity index (χ0v) is 12.9. The topological polar surface area (TPSA) is 59.1 Å². The van der Waals surface area contributed by atoms with Crippen LogP contribution in [0, 0.1) is 5.92 Å². The van der Waals surface area contributed by atoms with Gasteiger partial charge in [0.2, 0.25) is 0 Å². The summed E-state index contributed by atoms with van der Waals surface area (Å²) in [6.07, 6.45) is 7.83. The number of aromatic nitrogens is 2. The summed E-state index contributed by atoms with van der Waals surface area (Å²) in [5.74, 6) is 0.619. The van der Waals surface area contributed by atoms with E-state index < -0.39 is 0 Å². The molecule has 1 aromatic rings. The Balaban J connectivity index is 1.82. The van der Waals surface area contributed by atoms with Gasteiger partial charge in [-0.25, -0.2) is 0 Å². The molecule has 5 heteroatoms. The van der Waals surface area contributed by atoms with Crippen molar-refractivity contribution in [2.45, 2.75) is 45.7 Å². The number of anilines is 1. The molecule has 0 aliphatic heterocycles. The maximum absolute atomic E-state index is 5.83. The molecule has 1 fully saturated rings. The Labute approximate surface area is 122 Å². The summed E-state index contributed by atoms with van der Waals surface area (Å²) in [5, 5.41) is 8.05. The number of nitrogens with two attached hydrogens (primary N) is 1. The first-order valence-electron chi connectivity index (χ1n) is 7.98. The molecule has 2 atom stereocenters. The molecule has 0 spiro atoms. The molecule has 3 N–H and O–H groups in total. The van der Waals surface area contributed by atoms with Crippen LogP contribution in [0.4, 0.5) is 5.69 Å². The van der Waals surface area contributed by atoms with Gasteiger partial charge in [0.1, 0.15) is 0 Å². The van der Waals surface area contributed by atoms with Crippen LogP contribution in [0.3, 0.4) is 0 Å². The highest BCUT2D eigenvalue weighted by Crippen LogP contribution is 2.27. The molecule has 0 aromatic carbocycles. The van der Waals surface area contributed by atoms with Gasteiger partial charge in [0.15, 0.2) is 0 Å². The van der Waals surface area contributed by atoms with Crippen molar-refractivity contribution < 1.29 is 0 Å². The second-order valence-electron chi connectivity index (χ2n) is 5.70. The van der Waals surface area contributed by atoms with Gasteiger partial charge >= 0.3 is 0 Å². The van der Waals surface area contributed by atoms with E-state index in [2.05, 4.69) is 35.4 Å². The number of likely N-dealkylation sites (N-methyl/N-ethyl adjacent to an activating group) is 1. The molecule has 1 aliphatic carbocycles. The summed E-state index contributed by atoms with van der Waals surface area (Å²) in [4.78, 5) is 2.41. The molecule has 1 heterocycles. The second kappa shape index (κ2) is 7.64. The number of nitrogens with one attached hydrogen (secondary N) is 1. The van der Waals surface area contributed by atoms with Crippen molar-refractivity contribution in [3.05, 3.63) is 12.4 Å². The Morgan fingerprint density at radius 3 is 2.90 bits per heavy atom. The molecular formula is C15H29N5. The first-order chi connectivity index (χ1) is 9.76. The van der Waals surface area contributed by atoms with Crippen LogP contribution in [0.1, 0.15) is 33.1 Å². The SMILES string of the molecule is CCN(CC)CCn1cc(NC2CCCC2CN)cn1. The van der Waals surface area contributed by atoms with Gasteiger partial charge in [-0.05, 0) is 38.4 Å². The zero-order valence-electron chi connectivity index (χ0n) is 12.9. The van der Waals surface area contributed by atoms with Gasteiger partial charge < -0.3 is 16.0 Å². The third kappa shape index (κ3) is 3.96. The Bertz CT molecular complexity index is 385. The lowest BCUT2D eigenvalue weighted by Gasteiger charge is -2.19. The standard InChI is InChI=1S/C15H29N5/c1-3-19(4-2)8-9-20-12-14(11-17-20)18-15-7-5-6-13(15)10-16/h11-13,15,18H,3-10,16H2,1-2H3. The normalized spacial score (nSPS) is 22.6. The third-order valence-electron chi connectivity index (χ3n) is 4.49. The van der Waals surface area contributed by atoms with Crippen molar-refractivity contribution >= 4 is 5.69 Å². The first kappa shape index (κ1) is 15.3. The van der Waals surface area contributed by atoms with E-state index in [1.54, 1.807) is 0 Å². The van der Waals surface area contributed by atoms with Crippen molar-refractivity contribution in [3.63, 3.8) is 0 Å². The fourth-order valence-electron chi connectivity index (χ4n) is 3.07. The van der Waals surface area contributed by atoms with Gasteiger partial charge in [0.05, 0.1) is 18.4 Å². The minimum atomic E-state index is 0.528. The zero-order chi connectivity index (χ0) is 14.4. The number of rotatable bonds is 8. The van der Waals surface area contributed by atoms with Gasteiger partial charge in [-0.15, -0.1) is 0 Å². The van der Waals surface area contributed by atoms with E-state index in [-0.39, 0.29) is 0 Å². The minimum Gasteiger partial charge on any atom is -0.379 e. The molecule has 0 bridgehead atoms. The van der Waals surface area contributed by atoms with Crippen molar-refractivity contribution in [3.8, 4) is 0 Å². The van der Waals surface area contributed by atoms with E-state index in [1.807, 2.05) is 10.9 Å². The summed E-state index contributed by atoms with van der Waals surface area (Å²) in [5.41, 5.74) is 6.96. The molecule has 0 saturated heterocycles. The van der Waals surface area contributed by atoms with Gasteiger partial charge in [-0.3, -0.25) is 4.68 Å². The van der Waals surface area contributed by atoms with Gasteiger partial charge in [-0.2, -0.15) is 5.10 Å². The molecule has 0 amide bonds. The Hall–Kier alpha value is -1.07. The van der Waals surface area contributed by atoms with Crippen LogP contribution in [0.15, 0.2) is 12.4 Å². The Morgan fingerprint density at radius 2 is 2.20 bits per heavy atom. The Morgan fingerprint density at radius 1 is 1.40 bits per heavy atom. The number of nitrogens with zero attached hydrogens (tertiary/aromatic N) is 3. The average molecular weight is 279 g/mol. The molecule has 2 unspecified atom stereocenters. The maximum atomic E-state index is 5.83. The molecule has 114 valence electrons. The molecule has 1 aliphatic rings. The second-order valence-corrected chi connectivity index (χ2v) is 5.70. The van der Waals surface area contributed by atoms with Gasteiger partial charge in [-0.1, -0.05) is 20.3 Å². The van der Waals surface area contributed by atoms with Crippen LogP contribution >= 0.6 is 0 Å². The van der Waals surface area contributed by atoms with Crippen LogP contribution < -0.4 is 11.1 Å². The van der Waals surface area contributed by atoms with Crippen molar-refractivity contribution in [1.82, 2.24) is 14.7 Å². The van der Waals surface area contributed by atoms with E-state index in [0.717, 1.165) is 38.4 Å². The molecule has 0 radical (unpaired) electrons. The molecule has 1 saturated carbocycles. The lowest BCUT2D eigenvalue weighted by Crippen LogP contribution is -2.29. The smallest absolute Gasteiger partial charge is 0.0728 e. The monoisotopic (exact) mass is 279 g/mol. The van der Waals surface area contributed by atoms with E-state index >= 15 is 0 Å². The number of hydrogen-bond acceptors (Lipinski definition) is 4. The highest BCUT2D eigenvalue weighted by molar-refractivity contribution is 5.39. The molecule has 2 rings (SSSR count). The van der Waals surface area contributed by atoms with Gasteiger partial charge in [0.25, 0.3) is 0 Å². The number of hydrogen-bond donors (Lipinski definition) is 2. The fourth-order valence-corrected chi connectivity index (χ4v) is 3.07. The molecule has 1 aromatic heterocycles. The van der Waals surface area contributed by atoms with Crippen molar-refractivity contribution in [2.24, 2.45) is 11.7 Å². The van der Waals surface area contributed by atoms with Crippen LogP contribution in [0.5, 0.6) is 0 Å². The van der Waals surface area contributed by atoms with E-state index in [4.69, 9.17) is 5.73 Å². The quantitative estimate of drug-likeness (QED) is 0.761. The Kier molecular flexibility index (Phi) is 5.86. The lowest BCUT2D eigenvalue weighted by atomic mass is 10.0. The third-order valence-corrected chi connectivity index (χ3v) is 4.49. The highest BCUT2D eigenvalue weighted by atomic mass is 15.3. The van der Waals surface area contributed by atoms with Crippen molar-refractivity contribution in [2.75, 3.05) is 31.5 Å². The van der Waals surface area contributed by atoms with E-state index in [0.29, 0.717) is 12.0 Å². The lowest BCUT2D eigenvalue weighted by molar-refractivity contribution is 0.285. The van der Waals surface area contributed by atoms with Crippen molar-refractivity contribution in [1.29, 1.82) is 0 Å². The van der Waals surface area contributed by atoms with E-state index in [1.165, 1.54) is 19.3 Å². The predicted molar refractivity (Wildman–Crippen MR) is 83.8 cm³/mol. The van der Waals surface area contributed by atoms with Crippen LogP contribution in [-0.2, 0) is 6.54 Å². The summed E-state index contributed by atoms with van der Waals surface area (Å²) in [6, 6.07) is 0.528. The predicted octanol–water partition coefficient (Wildman–Crippen LogP) is 1.76. The summed E-state index contributed by atoms with van der Waals surface area (Å²) >= 11 is 0. The molecule has 20 heavy (non-hydrogen) atoms. The first-order valence-corrected chi connectivity index (χ1v) is 7.98. The largest absolute Gasteiger partial charge is 0.379 e. The summed E-state index contributed by atoms with van der Waals surface area (Å²) < 4.78 is 2.03. The van der Waals surface area contributed by atoms with E-state index in [9.17, 15) is 0 Å². The summed E-state index contributed by atoms with van der Waals surface area (Å²) in [6.45, 7) is 9.40. The molecular weight excluding hydrogens is 250 g/mol. The van der Waals surface area contributed by atoms with Crippen LogP contribution in [0.2, 0.25) is 0 Å². The van der Waals surface area contributed by atoms with Gasteiger partial charge in [0, 0.05) is 18.8 Å².